The average molecular weight is 752 g/mol. The second-order valence-electron chi connectivity index (χ2n) is 9.99. The fourth-order valence-electron chi connectivity index (χ4n) is 4.56. The van der Waals surface area contributed by atoms with Gasteiger partial charge in [-0.3, -0.25) is 5.43 Å². The lowest BCUT2D eigenvalue weighted by atomic mass is 9.95. The quantitative estimate of drug-likeness (QED) is 0.0688. The normalized spacial score (nSPS) is 15.1. The number of esters is 1. The Morgan fingerprint density at radius 2 is 1.85 bits per heavy atom. The summed E-state index contributed by atoms with van der Waals surface area (Å²) in [6.07, 6.45) is 0.321. The van der Waals surface area contributed by atoms with Crippen LogP contribution in [0.1, 0.15) is 36.6 Å². The van der Waals surface area contributed by atoms with Gasteiger partial charge in [-0.15, -0.1) is 0 Å². The third kappa shape index (κ3) is 9.22. The molecule has 0 spiro atoms. The molecular formula is C32H33BrCl2N4O8. The number of hydrazone groups is 1. The lowest BCUT2D eigenvalue weighted by Gasteiger charge is -2.28. The molecule has 1 aliphatic heterocycles. The van der Waals surface area contributed by atoms with Crippen LogP contribution in [0, 0.1) is 0 Å². The summed E-state index contributed by atoms with van der Waals surface area (Å²) in [6, 6.07) is 12.5. The highest BCUT2D eigenvalue weighted by Gasteiger charge is 2.32. The molecule has 0 fully saturated rings. The van der Waals surface area contributed by atoms with Crippen LogP contribution in [0.2, 0.25) is 10.0 Å². The third-order valence-electron chi connectivity index (χ3n) is 6.73. The smallest absolute Gasteiger partial charge is 0.337 e. The van der Waals surface area contributed by atoms with Crippen molar-refractivity contribution in [2.24, 2.45) is 5.10 Å². The minimum atomic E-state index is -1.18. The van der Waals surface area contributed by atoms with E-state index in [1.165, 1.54) is 20.4 Å². The number of carbonyl (C=O) groups excluding carboxylic acids is 2. The van der Waals surface area contributed by atoms with Crippen LogP contribution in [-0.4, -0.2) is 57.0 Å². The highest BCUT2D eigenvalue weighted by molar-refractivity contribution is 9.10. The Bertz CT molecular complexity index is 1690. The van der Waals surface area contributed by atoms with Gasteiger partial charge in [0.2, 0.25) is 0 Å². The molecule has 0 bridgehead atoms. The Morgan fingerprint density at radius 1 is 1.06 bits per heavy atom. The molecule has 250 valence electrons. The Labute approximate surface area is 290 Å². The minimum Gasteiger partial charge on any atom is -0.493 e. The van der Waals surface area contributed by atoms with Crippen LogP contribution >= 0.6 is 39.1 Å². The zero-order chi connectivity index (χ0) is 34.1. The SMILES string of the molecule is CCOc1cc([C@H]2NC(=O)NC(C)=C2C(=O)OC)ccc1OC[C@@H](O)N/N=C\c1cc(Br)c(OCc2ccc(Cl)c(Cl)c2)c(OC)c1. The first kappa shape index (κ1) is 35.7. The summed E-state index contributed by atoms with van der Waals surface area (Å²) in [5.41, 5.74) is 5.32. The molecule has 12 nitrogen and oxygen atoms in total. The van der Waals surface area contributed by atoms with Crippen LogP contribution in [0.25, 0.3) is 0 Å². The number of amides is 2. The van der Waals surface area contributed by atoms with Crippen LogP contribution in [0.5, 0.6) is 23.0 Å². The van der Waals surface area contributed by atoms with E-state index in [9.17, 15) is 14.7 Å². The first-order chi connectivity index (χ1) is 22.5. The van der Waals surface area contributed by atoms with Gasteiger partial charge in [0.15, 0.2) is 29.2 Å². The van der Waals surface area contributed by atoms with Crippen LogP contribution < -0.4 is 35.0 Å². The van der Waals surface area contributed by atoms with Gasteiger partial charge in [0, 0.05) is 5.70 Å². The maximum atomic E-state index is 12.5. The van der Waals surface area contributed by atoms with E-state index in [0.717, 1.165) is 5.56 Å². The third-order valence-corrected chi connectivity index (χ3v) is 8.06. The number of benzene rings is 3. The van der Waals surface area contributed by atoms with E-state index in [1.54, 1.807) is 56.3 Å². The Morgan fingerprint density at radius 3 is 2.55 bits per heavy atom. The summed E-state index contributed by atoms with van der Waals surface area (Å²) < 4.78 is 28.6. The maximum Gasteiger partial charge on any atom is 0.337 e. The summed E-state index contributed by atoms with van der Waals surface area (Å²) in [7, 11) is 2.79. The fraction of sp³-hybridized carbons (Fsp3) is 0.281. The zero-order valence-corrected chi connectivity index (χ0v) is 29.0. The molecule has 1 aliphatic rings. The molecule has 15 heteroatoms. The molecule has 0 saturated carbocycles. The van der Waals surface area contributed by atoms with Gasteiger partial charge in [-0.05, 0) is 82.9 Å². The van der Waals surface area contributed by atoms with Gasteiger partial charge in [0.1, 0.15) is 13.2 Å². The Kier molecular flexibility index (Phi) is 12.6. The van der Waals surface area contributed by atoms with E-state index in [0.29, 0.717) is 60.9 Å². The molecule has 0 saturated heterocycles. The van der Waals surface area contributed by atoms with Crippen LogP contribution in [0.4, 0.5) is 4.79 Å². The molecular weight excluding hydrogens is 719 g/mol. The number of hydrogen-bond donors (Lipinski definition) is 4. The molecule has 0 radical (unpaired) electrons. The number of ether oxygens (including phenoxy) is 5. The van der Waals surface area contributed by atoms with Gasteiger partial charge in [-0.1, -0.05) is 35.3 Å². The predicted octanol–water partition coefficient (Wildman–Crippen LogP) is 5.86. The van der Waals surface area contributed by atoms with Crippen molar-refractivity contribution in [2.45, 2.75) is 32.7 Å². The van der Waals surface area contributed by atoms with Crippen molar-refractivity contribution in [1.82, 2.24) is 16.1 Å². The lowest BCUT2D eigenvalue weighted by Crippen LogP contribution is -2.45. The van der Waals surface area contributed by atoms with Gasteiger partial charge >= 0.3 is 12.0 Å². The zero-order valence-electron chi connectivity index (χ0n) is 25.9. The molecule has 4 rings (SSSR count). The Balaban J connectivity index is 1.39. The molecule has 0 unspecified atom stereocenters. The maximum absolute atomic E-state index is 12.5. The fourth-order valence-corrected chi connectivity index (χ4v) is 5.45. The van der Waals surface area contributed by atoms with Crippen LogP contribution in [0.3, 0.4) is 0 Å². The lowest BCUT2D eigenvalue weighted by molar-refractivity contribution is -0.136. The highest BCUT2D eigenvalue weighted by atomic mass is 79.9. The number of aliphatic hydroxyl groups excluding tert-OH is 1. The molecule has 0 aromatic heterocycles. The topological polar surface area (TPSA) is 149 Å². The second kappa shape index (κ2) is 16.6. The first-order valence-corrected chi connectivity index (χ1v) is 15.8. The summed E-state index contributed by atoms with van der Waals surface area (Å²) in [6.45, 7) is 3.80. The Hall–Kier alpha value is -4.17. The average Bonchev–Trinajstić information content (AvgIpc) is 3.04. The standard InChI is InChI=1S/C32H33BrCl2N4O8/c1-5-45-25-13-20(29-28(31(41)44-4)17(2)37-32(42)38-29)7-9-24(25)46-16-27(40)39-36-14-19-10-21(33)30(26(12-19)43-3)47-15-18-6-8-22(34)23(35)11-18/h6-14,27,29,39-40H,5,15-16H2,1-4H3,(H2,37,38,42)/b36-14-/t27-,29-/m1/s1. The van der Waals surface area contributed by atoms with E-state index < -0.39 is 24.3 Å². The number of methoxy groups -OCH3 is 2. The van der Waals surface area contributed by atoms with Gasteiger partial charge in [0.25, 0.3) is 0 Å². The molecule has 0 aliphatic carbocycles. The van der Waals surface area contributed by atoms with Gasteiger partial charge < -0.3 is 39.4 Å². The number of nitrogens with zero attached hydrogens (tertiary/aromatic N) is 1. The van der Waals surface area contributed by atoms with Crippen molar-refractivity contribution < 1.29 is 38.4 Å². The van der Waals surface area contributed by atoms with E-state index in [2.05, 4.69) is 37.1 Å². The number of hydrogen-bond acceptors (Lipinski definition) is 10. The number of halogens is 3. The molecule has 47 heavy (non-hydrogen) atoms. The molecule has 3 aromatic rings. The number of allylic oxidation sites excluding steroid dienone is 1. The van der Waals surface area contributed by atoms with E-state index >= 15 is 0 Å². The molecule has 3 aromatic carbocycles. The molecule has 1 heterocycles. The monoisotopic (exact) mass is 750 g/mol. The van der Waals surface area contributed by atoms with Crippen LogP contribution in [0.15, 0.2) is 69.4 Å². The van der Waals surface area contributed by atoms with Crippen molar-refractivity contribution in [3.8, 4) is 23.0 Å². The van der Waals surface area contributed by atoms with Crippen LogP contribution in [-0.2, 0) is 16.1 Å². The van der Waals surface area contributed by atoms with Crippen molar-refractivity contribution >= 4 is 57.3 Å². The number of urea groups is 1. The van der Waals surface area contributed by atoms with Crippen molar-refractivity contribution in [3.05, 3.63) is 91.0 Å². The summed E-state index contributed by atoms with van der Waals surface area (Å²) in [4.78, 5) is 24.6. The highest BCUT2D eigenvalue weighted by Crippen LogP contribution is 2.38. The number of carbonyl (C=O) groups is 2. The summed E-state index contributed by atoms with van der Waals surface area (Å²) in [5.74, 6) is 1.07. The number of nitrogens with one attached hydrogen (secondary N) is 3. The van der Waals surface area contributed by atoms with Crippen molar-refractivity contribution in [2.75, 3.05) is 27.4 Å². The number of rotatable bonds is 14. The van der Waals surface area contributed by atoms with E-state index in [-0.39, 0.29) is 18.8 Å². The van der Waals surface area contributed by atoms with E-state index in [1.807, 2.05) is 6.07 Å². The minimum absolute atomic E-state index is 0.179. The molecule has 2 amide bonds. The number of aliphatic hydroxyl groups is 1. The summed E-state index contributed by atoms with van der Waals surface area (Å²) >= 11 is 15.6. The van der Waals surface area contributed by atoms with Crippen molar-refractivity contribution in [1.29, 1.82) is 0 Å². The van der Waals surface area contributed by atoms with Gasteiger partial charge in [0.05, 0.1) is 53.2 Å². The van der Waals surface area contributed by atoms with Gasteiger partial charge in [-0.25, -0.2) is 9.59 Å². The first-order valence-electron chi connectivity index (χ1n) is 14.2. The largest absolute Gasteiger partial charge is 0.493 e. The van der Waals surface area contributed by atoms with Gasteiger partial charge in [-0.2, -0.15) is 5.10 Å². The summed E-state index contributed by atoms with van der Waals surface area (Å²) in [5, 5.41) is 20.8. The van der Waals surface area contributed by atoms with Crippen molar-refractivity contribution in [3.63, 3.8) is 0 Å². The molecule has 2 atom stereocenters. The van der Waals surface area contributed by atoms with E-state index in [4.69, 9.17) is 46.9 Å². The second-order valence-corrected chi connectivity index (χ2v) is 11.7. The molecule has 4 N–H and O–H groups in total. The predicted molar refractivity (Wildman–Crippen MR) is 180 cm³/mol.